The second-order valence-electron chi connectivity index (χ2n) is 6.78. The maximum absolute atomic E-state index is 13.0. The van der Waals surface area contributed by atoms with Crippen LogP contribution in [-0.4, -0.2) is 31.2 Å². The molecule has 0 aromatic heterocycles. The van der Waals surface area contributed by atoms with E-state index in [-0.39, 0.29) is 10.8 Å². The number of carbonyl (C=O) groups is 1. The lowest BCUT2D eigenvalue weighted by Crippen LogP contribution is -2.43. The third kappa shape index (κ3) is 3.63. The zero-order valence-electron chi connectivity index (χ0n) is 15.0. The van der Waals surface area contributed by atoms with Crippen LogP contribution in [0.5, 0.6) is 0 Å². The van der Waals surface area contributed by atoms with Crippen molar-refractivity contribution in [3.05, 3.63) is 71.8 Å². The van der Waals surface area contributed by atoms with Gasteiger partial charge in [0.15, 0.2) is 0 Å². The molecule has 5 nitrogen and oxygen atoms in total. The van der Waals surface area contributed by atoms with Crippen molar-refractivity contribution in [3.63, 3.8) is 0 Å². The smallest absolute Gasteiger partial charge is 0.243 e. The summed E-state index contributed by atoms with van der Waals surface area (Å²) in [6, 6.07) is 18.8. The third-order valence-corrected chi connectivity index (χ3v) is 7.12. The van der Waals surface area contributed by atoms with Crippen LogP contribution in [0.3, 0.4) is 0 Å². The summed E-state index contributed by atoms with van der Waals surface area (Å²) in [4.78, 5) is 13.0. The number of rotatable bonds is 4. The van der Waals surface area contributed by atoms with E-state index < -0.39 is 16.1 Å². The van der Waals surface area contributed by atoms with Crippen molar-refractivity contribution in [3.8, 4) is 0 Å². The number of halogens is 1. The second kappa shape index (κ2) is 7.54. The van der Waals surface area contributed by atoms with Crippen LogP contribution < -0.4 is 5.32 Å². The monoisotopic (exact) mass is 414 g/mol. The van der Waals surface area contributed by atoms with E-state index in [0.717, 1.165) is 10.8 Å². The van der Waals surface area contributed by atoms with E-state index in [1.54, 1.807) is 0 Å². The number of carbonyl (C=O) groups excluding carboxylic acids is 1. The fourth-order valence-corrected chi connectivity index (χ4v) is 5.31. The van der Waals surface area contributed by atoms with Crippen LogP contribution in [0.25, 0.3) is 10.8 Å². The Morgan fingerprint density at radius 2 is 1.71 bits per heavy atom. The molecule has 144 valence electrons. The molecule has 1 aliphatic rings. The molecule has 3 aromatic carbocycles. The van der Waals surface area contributed by atoms with Gasteiger partial charge in [-0.3, -0.25) is 4.79 Å². The van der Waals surface area contributed by atoms with E-state index in [0.29, 0.717) is 30.1 Å². The summed E-state index contributed by atoms with van der Waals surface area (Å²) < 4.78 is 27.3. The summed E-state index contributed by atoms with van der Waals surface area (Å²) >= 11 is 5.86. The normalized spacial score (nSPS) is 17.7. The Morgan fingerprint density at radius 3 is 2.46 bits per heavy atom. The third-order valence-electron chi connectivity index (χ3n) is 4.94. The molecule has 0 saturated carbocycles. The van der Waals surface area contributed by atoms with Gasteiger partial charge in [0.2, 0.25) is 15.9 Å². The number of nitrogens with zero attached hydrogens (tertiary/aromatic N) is 1. The van der Waals surface area contributed by atoms with Gasteiger partial charge in [-0.2, -0.15) is 4.31 Å². The topological polar surface area (TPSA) is 66.5 Å². The molecule has 1 atom stereocenters. The molecule has 1 amide bonds. The first kappa shape index (κ1) is 18.9. The van der Waals surface area contributed by atoms with Crippen LogP contribution in [0, 0.1) is 0 Å². The van der Waals surface area contributed by atoms with Gasteiger partial charge in [-0.05, 0) is 60.0 Å². The lowest BCUT2D eigenvalue weighted by molar-refractivity contribution is -0.119. The number of amides is 1. The molecule has 0 bridgehead atoms. The van der Waals surface area contributed by atoms with Gasteiger partial charge < -0.3 is 5.32 Å². The minimum absolute atomic E-state index is 0.141. The summed E-state index contributed by atoms with van der Waals surface area (Å²) in [5.74, 6) is -0.315. The Bertz CT molecular complexity index is 1130. The quantitative estimate of drug-likeness (QED) is 0.692. The van der Waals surface area contributed by atoms with Crippen molar-refractivity contribution in [1.29, 1.82) is 0 Å². The molecule has 7 heteroatoms. The molecule has 1 N–H and O–H groups in total. The summed E-state index contributed by atoms with van der Waals surface area (Å²) in [6.45, 7) is 0.320. The molecule has 1 saturated heterocycles. The predicted octanol–water partition coefficient (Wildman–Crippen LogP) is 4.29. The van der Waals surface area contributed by atoms with Crippen molar-refractivity contribution >= 4 is 44.0 Å². The van der Waals surface area contributed by atoms with Crippen LogP contribution in [0.2, 0.25) is 5.02 Å². The first-order chi connectivity index (χ1) is 13.4. The molecule has 1 heterocycles. The molecule has 4 rings (SSSR count). The highest BCUT2D eigenvalue weighted by Gasteiger charge is 2.39. The van der Waals surface area contributed by atoms with Crippen LogP contribution >= 0.6 is 11.6 Å². The lowest BCUT2D eigenvalue weighted by Gasteiger charge is -2.23. The van der Waals surface area contributed by atoms with E-state index in [4.69, 9.17) is 11.6 Å². The average molecular weight is 415 g/mol. The molecular formula is C21H19ClN2O3S. The van der Waals surface area contributed by atoms with Gasteiger partial charge in [-0.15, -0.1) is 0 Å². The maximum atomic E-state index is 13.0. The fourth-order valence-electron chi connectivity index (χ4n) is 3.52. The first-order valence-corrected chi connectivity index (χ1v) is 10.8. The number of benzene rings is 3. The molecule has 0 unspecified atom stereocenters. The highest BCUT2D eigenvalue weighted by atomic mass is 35.5. The van der Waals surface area contributed by atoms with Crippen molar-refractivity contribution in [2.75, 3.05) is 11.9 Å². The Balaban J connectivity index is 1.56. The number of hydrogen-bond donors (Lipinski definition) is 1. The Hall–Kier alpha value is -2.41. The van der Waals surface area contributed by atoms with Gasteiger partial charge in [0.25, 0.3) is 0 Å². The van der Waals surface area contributed by atoms with Crippen molar-refractivity contribution < 1.29 is 13.2 Å². The molecule has 0 aliphatic carbocycles. The van der Waals surface area contributed by atoms with Gasteiger partial charge >= 0.3 is 0 Å². The Labute approximate surface area is 169 Å². The molecule has 0 spiro atoms. The zero-order valence-corrected chi connectivity index (χ0v) is 16.6. The molecule has 3 aromatic rings. The lowest BCUT2D eigenvalue weighted by atomic mass is 10.1. The number of anilines is 1. The number of fused-ring (bicyclic) bond motifs is 1. The minimum atomic E-state index is -3.76. The van der Waals surface area contributed by atoms with Crippen LogP contribution in [0.4, 0.5) is 5.69 Å². The Morgan fingerprint density at radius 1 is 1.00 bits per heavy atom. The van der Waals surface area contributed by atoms with Crippen LogP contribution in [-0.2, 0) is 14.8 Å². The largest absolute Gasteiger partial charge is 0.325 e. The molecule has 1 fully saturated rings. The number of sulfonamides is 1. The van der Waals surface area contributed by atoms with Crippen molar-refractivity contribution in [2.45, 2.75) is 23.8 Å². The zero-order chi connectivity index (χ0) is 19.7. The molecule has 0 radical (unpaired) electrons. The van der Waals surface area contributed by atoms with E-state index in [9.17, 15) is 13.2 Å². The second-order valence-corrected chi connectivity index (χ2v) is 9.11. The number of hydrogen-bond acceptors (Lipinski definition) is 3. The first-order valence-electron chi connectivity index (χ1n) is 9.02. The van der Waals surface area contributed by atoms with Crippen LogP contribution in [0.15, 0.2) is 71.6 Å². The van der Waals surface area contributed by atoms with Gasteiger partial charge in [0.1, 0.15) is 6.04 Å². The average Bonchev–Trinajstić information content (AvgIpc) is 3.19. The maximum Gasteiger partial charge on any atom is 0.243 e. The van der Waals surface area contributed by atoms with Crippen LogP contribution in [0.1, 0.15) is 12.8 Å². The van der Waals surface area contributed by atoms with Crippen molar-refractivity contribution in [1.82, 2.24) is 4.31 Å². The fraction of sp³-hybridized carbons (Fsp3) is 0.190. The molecular weight excluding hydrogens is 396 g/mol. The predicted molar refractivity (Wildman–Crippen MR) is 111 cm³/mol. The molecule has 1 aliphatic heterocycles. The Kier molecular flexibility index (Phi) is 5.10. The highest BCUT2D eigenvalue weighted by Crippen LogP contribution is 2.28. The minimum Gasteiger partial charge on any atom is -0.325 e. The van der Waals surface area contributed by atoms with Gasteiger partial charge in [-0.1, -0.05) is 41.9 Å². The van der Waals surface area contributed by atoms with E-state index in [1.807, 2.05) is 42.5 Å². The van der Waals surface area contributed by atoms with Crippen molar-refractivity contribution in [2.24, 2.45) is 0 Å². The number of nitrogens with one attached hydrogen (secondary N) is 1. The summed E-state index contributed by atoms with van der Waals surface area (Å²) in [5.41, 5.74) is 0.652. The SMILES string of the molecule is O=C(Nc1ccc2ccccc2c1)[C@@H]1CCCN1S(=O)(=O)c1ccc(Cl)cc1. The van der Waals surface area contributed by atoms with E-state index >= 15 is 0 Å². The highest BCUT2D eigenvalue weighted by molar-refractivity contribution is 7.89. The van der Waals surface area contributed by atoms with Gasteiger partial charge in [0, 0.05) is 17.3 Å². The van der Waals surface area contributed by atoms with Gasteiger partial charge in [-0.25, -0.2) is 8.42 Å². The van der Waals surface area contributed by atoms with E-state index in [1.165, 1.54) is 28.6 Å². The molecule has 28 heavy (non-hydrogen) atoms. The summed E-state index contributed by atoms with van der Waals surface area (Å²) in [7, 11) is -3.76. The summed E-state index contributed by atoms with van der Waals surface area (Å²) in [6.07, 6.45) is 1.13. The van der Waals surface area contributed by atoms with E-state index in [2.05, 4.69) is 5.32 Å². The summed E-state index contributed by atoms with van der Waals surface area (Å²) in [5, 5.41) is 5.42. The standard InChI is InChI=1S/C21H19ClN2O3S/c22-17-8-11-19(12-9-17)28(26,27)24-13-3-6-20(24)21(25)23-18-10-7-15-4-1-2-5-16(15)14-18/h1-2,4-5,7-12,14,20H,3,6,13H2,(H,23,25)/t20-/m0/s1. The van der Waals surface area contributed by atoms with Gasteiger partial charge in [0.05, 0.1) is 4.90 Å².